The first kappa shape index (κ1) is 15.8. The summed E-state index contributed by atoms with van der Waals surface area (Å²) in [6.45, 7) is 7.32. The predicted octanol–water partition coefficient (Wildman–Crippen LogP) is 2.46. The molecule has 116 valence electrons. The molecule has 1 aromatic heterocycles. The summed E-state index contributed by atoms with van der Waals surface area (Å²) >= 11 is 1.87. The molecule has 21 heavy (non-hydrogen) atoms. The van der Waals surface area contributed by atoms with Crippen molar-refractivity contribution in [1.29, 1.82) is 0 Å². The lowest BCUT2D eigenvalue weighted by molar-refractivity contribution is -0.385. The van der Waals surface area contributed by atoms with Crippen molar-refractivity contribution in [3.63, 3.8) is 0 Å². The molecule has 1 fully saturated rings. The predicted molar refractivity (Wildman–Crippen MR) is 86.3 cm³/mol. The van der Waals surface area contributed by atoms with Crippen molar-refractivity contribution in [3.05, 3.63) is 15.8 Å². The van der Waals surface area contributed by atoms with Gasteiger partial charge in [-0.15, -0.1) is 0 Å². The third kappa shape index (κ3) is 3.55. The average Bonchev–Trinajstić information content (AvgIpc) is 2.44. The summed E-state index contributed by atoms with van der Waals surface area (Å²) in [5, 5.41) is 14.5. The minimum absolute atomic E-state index is 0.0239. The number of hydrogen-bond donors (Lipinski definition) is 1. The van der Waals surface area contributed by atoms with Crippen molar-refractivity contribution >= 4 is 29.2 Å². The van der Waals surface area contributed by atoms with Crippen LogP contribution in [0.15, 0.2) is 0 Å². The molecule has 0 saturated carbocycles. The van der Waals surface area contributed by atoms with Crippen molar-refractivity contribution in [1.82, 2.24) is 9.97 Å². The number of anilines is 2. The van der Waals surface area contributed by atoms with Crippen LogP contribution in [0.1, 0.15) is 26.0 Å². The van der Waals surface area contributed by atoms with Crippen LogP contribution in [0, 0.1) is 17.0 Å². The van der Waals surface area contributed by atoms with E-state index in [4.69, 9.17) is 0 Å². The van der Waals surface area contributed by atoms with Crippen LogP contribution in [-0.2, 0) is 0 Å². The maximum Gasteiger partial charge on any atom is 0.332 e. The van der Waals surface area contributed by atoms with E-state index < -0.39 is 0 Å². The lowest BCUT2D eigenvalue weighted by Gasteiger charge is -2.33. The van der Waals surface area contributed by atoms with Crippen LogP contribution >= 0.6 is 11.8 Å². The minimum Gasteiger partial charge on any atom is -0.354 e. The maximum absolute atomic E-state index is 11.4. The molecule has 1 aliphatic rings. The van der Waals surface area contributed by atoms with Crippen molar-refractivity contribution in [3.8, 4) is 0 Å². The molecule has 0 radical (unpaired) electrons. The van der Waals surface area contributed by atoms with Crippen LogP contribution in [0.3, 0.4) is 0 Å². The molecule has 1 unspecified atom stereocenters. The molecule has 0 spiro atoms. The van der Waals surface area contributed by atoms with E-state index >= 15 is 0 Å². The third-order valence-corrected chi connectivity index (χ3v) is 4.58. The number of hydrogen-bond acceptors (Lipinski definition) is 7. The Morgan fingerprint density at radius 2 is 2.29 bits per heavy atom. The zero-order valence-corrected chi connectivity index (χ0v) is 13.4. The summed E-state index contributed by atoms with van der Waals surface area (Å²) in [7, 11) is 0. The number of nitrogens with one attached hydrogen (secondary N) is 1. The standard InChI is InChI=1S/C13H21N5O2S/c1-4-5-14-13-15-10(3)11(18(19)20)12(16-13)17-6-7-21-8-9(17)2/h9H,4-8H2,1-3H3,(H,14,15,16). The van der Waals surface area contributed by atoms with Crippen LogP contribution in [0.25, 0.3) is 0 Å². The van der Waals surface area contributed by atoms with Gasteiger partial charge in [0.1, 0.15) is 5.69 Å². The molecule has 0 aromatic carbocycles. The maximum atomic E-state index is 11.4. The summed E-state index contributed by atoms with van der Waals surface area (Å²) in [6, 6.07) is 0.232. The molecule has 2 rings (SSSR count). The fraction of sp³-hybridized carbons (Fsp3) is 0.692. The van der Waals surface area contributed by atoms with Gasteiger partial charge in [0.2, 0.25) is 11.8 Å². The monoisotopic (exact) mass is 311 g/mol. The van der Waals surface area contributed by atoms with Gasteiger partial charge < -0.3 is 10.2 Å². The van der Waals surface area contributed by atoms with Crippen molar-refractivity contribution in [2.45, 2.75) is 33.2 Å². The number of rotatable bonds is 5. The van der Waals surface area contributed by atoms with Gasteiger partial charge in [-0.2, -0.15) is 16.7 Å². The molecular formula is C13H21N5O2S. The van der Waals surface area contributed by atoms with Gasteiger partial charge in [-0.1, -0.05) is 6.92 Å². The Morgan fingerprint density at radius 3 is 2.90 bits per heavy atom. The van der Waals surface area contributed by atoms with E-state index in [2.05, 4.69) is 29.1 Å². The van der Waals surface area contributed by atoms with E-state index in [1.807, 2.05) is 16.7 Å². The first-order chi connectivity index (χ1) is 10.0. The molecule has 1 N–H and O–H groups in total. The minimum atomic E-state index is -0.372. The van der Waals surface area contributed by atoms with Gasteiger partial charge in [-0.05, 0) is 20.3 Å². The van der Waals surface area contributed by atoms with Crippen molar-refractivity contribution in [2.75, 3.05) is 34.8 Å². The summed E-state index contributed by atoms with van der Waals surface area (Å²) in [5.41, 5.74) is 0.435. The Hall–Kier alpha value is -1.57. The SMILES string of the molecule is CCCNc1nc(C)c([N+](=O)[O-])c(N2CCSCC2C)n1. The lowest BCUT2D eigenvalue weighted by Crippen LogP contribution is -2.41. The molecular weight excluding hydrogens is 290 g/mol. The number of aryl methyl sites for hydroxylation is 1. The highest BCUT2D eigenvalue weighted by molar-refractivity contribution is 7.99. The number of thioether (sulfide) groups is 1. The number of nitro groups is 1. The van der Waals surface area contributed by atoms with E-state index in [9.17, 15) is 10.1 Å². The normalized spacial score (nSPS) is 18.6. The van der Waals surface area contributed by atoms with Crippen molar-refractivity contribution < 1.29 is 4.92 Å². The van der Waals surface area contributed by atoms with Gasteiger partial charge in [0.25, 0.3) is 0 Å². The van der Waals surface area contributed by atoms with Crippen LogP contribution in [0.2, 0.25) is 0 Å². The van der Waals surface area contributed by atoms with Gasteiger partial charge in [-0.25, -0.2) is 4.98 Å². The van der Waals surface area contributed by atoms with Crippen LogP contribution in [0.5, 0.6) is 0 Å². The zero-order chi connectivity index (χ0) is 15.4. The van der Waals surface area contributed by atoms with Gasteiger partial charge in [0.15, 0.2) is 0 Å². The number of aromatic nitrogens is 2. The van der Waals surface area contributed by atoms with E-state index in [0.717, 1.165) is 31.0 Å². The fourth-order valence-corrected chi connectivity index (χ4v) is 3.34. The molecule has 1 aliphatic heterocycles. The Morgan fingerprint density at radius 1 is 1.52 bits per heavy atom. The molecule has 0 aliphatic carbocycles. The highest BCUT2D eigenvalue weighted by Crippen LogP contribution is 2.33. The first-order valence-electron chi connectivity index (χ1n) is 7.15. The average molecular weight is 311 g/mol. The third-order valence-electron chi connectivity index (χ3n) is 3.40. The van der Waals surface area contributed by atoms with Crippen molar-refractivity contribution in [2.24, 2.45) is 0 Å². The lowest BCUT2D eigenvalue weighted by atomic mass is 10.2. The van der Waals surface area contributed by atoms with Gasteiger partial charge in [0, 0.05) is 30.6 Å². The smallest absolute Gasteiger partial charge is 0.332 e. The second-order valence-electron chi connectivity index (χ2n) is 5.11. The zero-order valence-electron chi connectivity index (χ0n) is 12.6. The van der Waals surface area contributed by atoms with Crippen LogP contribution in [0.4, 0.5) is 17.5 Å². The molecule has 2 heterocycles. The van der Waals surface area contributed by atoms with Gasteiger partial charge in [-0.3, -0.25) is 10.1 Å². The molecule has 1 atom stereocenters. The van der Waals surface area contributed by atoms with Gasteiger partial charge >= 0.3 is 5.69 Å². The summed E-state index contributed by atoms with van der Waals surface area (Å²) in [6.07, 6.45) is 0.950. The highest BCUT2D eigenvalue weighted by atomic mass is 32.2. The molecule has 8 heteroatoms. The Bertz CT molecular complexity index is 526. The second-order valence-corrected chi connectivity index (χ2v) is 6.26. The summed E-state index contributed by atoms with van der Waals surface area (Å²) in [5.74, 6) is 2.83. The first-order valence-corrected chi connectivity index (χ1v) is 8.31. The molecule has 1 aromatic rings. The van der Waals surface area contributed by atoms with E-state index in [1.54, 1.807) is 6.92 Å². The molecule has 0 bridgehead atoms. The van der Waals surface area contributed by atoms with E-state index in [-0.39, 0.29) is 16.7 Å². The van der Waals surface area contributed by atoms with Crippen LogP contribution in [-0.4, -0.2) is 45.5 Å². The Labute approximate surface area is 128 Å². The highest BCUT2D eigenvalue weighted by Gasteiger charge is 2.30. The summed E-state index contributed by atoms with van der Waals surface area (Å²) in [4.78, 5) is 21.7. The second kappa shape index (κ2) is 6.93. The van der Waals surface area contributed by atoms with Crippen LogP contribution < -0.4 is 10.2 Å². The molecule has 1 saturated heterocycles. The quantitative estimate of drug-likeness (QED) is 0.660. The molecule has 7 nitrogen and oxygen atoms in total. The Kier molecular flexibility index (Phi) is 5.22. The fourth-order valence-electron chi connectivity index (χ4n) is 2.32. The number of nitrogens with zero attached hydrogens (tertiary/aromatic N) is 4. The topological polar surface area (TPSA) is 84.2 Å². The Balaban J connectivity index is 2.43. The largest absolute Gasteiger partial charge is 0.354 e. The molecule has 0 amide bonds. The van der Waals surface area contributed by atoms with E-state index in [0.29, 0.717) is 17.5 Å². The van der Waals surface area contributed by atoms with E-state index in [1.165, 1.54) is 0 Å². The summed E-state index contributed by atoms with van der Waals surface area (Å²) < 4.78 is 0. The van der Waals surface area contributed by atoms with Gasteiger partial charge in [0.05, 0.1) is 4.92 Å².